The van der Waals surface area contributed by atoms with Gasteiger partial charge in [0, 0.05) is 0 Å². The van der Waals surface area contributed by atoms with Crippen LogP contribution in [0.25, 0.3) is 0 Å². The molecule has 1 fully saturated rings. The van der Waals surface area contributed by atoms with Crippen molar-refractivity contribution in [2.75, 3.05) is 0 Å². The minimum Gasteiger partial charge on any atom is -0.348 e. The number of amides is 2. The van der Waals surface area contributed by atoms with Gasteiger partial charge in [0.05, 0.1) is 12.1 Å². The van der Waals surface area contributed by atoms with Crippen LogP contribution in [-0.4, -0.2) is 23.9 Å². The predicted octanol–water partition coefficient (Wildman–Crippen LogP) is 4.80. The van der Waals surface area contributed by atoms with E-state index in [0.717, 1.165) is 38.5 Å². The van der Waals surface area contributed by atoms with Gasteiger partial charge in [-0.1, -0.05) is 77.4 Å². The second-order valence-electron chi connectivity index (χ2n) is 7.32. The molecule has 0 bridgehead atoms. The number of rotatable bonds is 15. The molecule has 4 heteroatoms. The summed E-state index contributed by atoms with van der Waals surface area (Å²) < 4.78 is 0. The van der Waals surface area contributed by atoms with Crippen LogP contribution >= 0.6 is 0 Å². The Balaban J connectivity index is 2.01. The van der Waals surface area contributed by atoms with Gasteiger partial charge in [-0.15, -0.1) is 0 Å². The van der Waals surface area contributed by atoms with Crippen LogP contribution in [0.2, 0.25) is 0 Å². The van der Waals surface area contributed by atoms with Gasteiger partial charge in [-0.2, -0.15) is 0 Å². The van der Waals surface area contributed by atoms with Crippen LogP contribution in [0.4, 0.5) is 0 Å². The van der Waals surface area contributed by atoms with Crippen LogP contribution in [0.3, 0.4) is 0 Å². The molecule has 148 valence electrons. The summed E-state index contributed by atoms with van der Waals surface area (Å²) in [5.74, 6) is -0.106. The quantitative estimate of drug-likeness (QED) is 0.325. The van der Waals surface area contributed by atoms with Crippen LogP contribution in [-0.2, 0) is 9.59 Å². The first-order valence-electron chi connectivity index (χ1n) is 10.6. The molecule has 0 saturated heterocycles. The molecule has 0 aliphatic heterocycles. The SMILES string of the molecule is CCCCC=CC(=O)NC1CC1NC(=O)C=CCCCCCCCCC. The zero-order valence-corrected chi connectivity index (χ0v) is 16.8. The molecule has 1 saturated carbocycles. The van der Waals surface area contributed by atoms with E-state index in [-0.39, 0.29) is 23.9 Å². The molecule has 2 N–H and O–H groups in total. The lowest BCUT2D eigenvalue weighted by molar-refractivity contribution is -0.118. The minimum absolute atomic E-state index is 0.0480. The lowest BCUT2D eigenvalue weighted by Gasteiger charge is -2.02. The summed E-state index contributed by atoms with van der Waals surface area (Å²) in [6, 6.07) is 0.164. The smallest absolute Gasteiger partial charge is 0.243 e. The molecule has 0 radical (unpaired) electrons. The van der Waals surface area contributed by atoms with Crippen LogP contribution in [0, 0.1) is 0 Å². The fourth-order valence-corrected chi connectivity index (χ4v) is 2.90. The van der Waals surface area contributed by atoms with E-state index in [1.165, 1.54) is 38.5 Å². The van der Waals surface area contributed by atoms with Crippen LogP contribution in [0.5, 0.6) is 0 Å². The van der Waals surface area contributed by atoms with Crippen molar-refractivity contribution in [1.82, 2.24) is 10.6 Å². The number of hydrogen-bond donors (Lipinski definition) is 2. The molecule has 2 amide bonds. The highest BCUT2D eigenvalue weighted by Gasteiger charge is 2.38. The standard InChI is InChI=1S/C22H38N2O2/c1-3-5-7-9-10-11-12-13-15-17-22(26)24-20-18-19(20)23-21(25)16-14-8-6-4-2/h14-17,19-20H,3-13,18H2,1-2H3,(H,23,25)(H,24,26). The number of unbranched alkanes of at least 4 members (excludes halogenated alkanes) is 9. The summed E-state index contributed by atoms with van der Waals surface area (Å²) in [6.45, 7) is 4.37. The normalized spacial score (nSPS) is 19.2. The van der Waals surface area contributed by atoms with E-state index < -0.39 is 0 Å². The molecule has 2 atom stereocenters. The fourth-order valence-electron chi connectivity index (χ4n) is 2.90. The Morgan fingerprint density at radius 3 is 1.73 bits per heavy atom. The van der Waals surface area contributed by atoms with Crippen LogP contribution < -0.4 is 10.6 Å². The van der Waals surface area contributed by atoms with Gasteiger partial charge in [-0.25, -0.2) is 0 Å². The van der Waals surface area contributed by atoms with E-state index in [9.17, 15) is 9.59 Å². The van der Waals surface area contributed by atoms with Gasteiger partial charge < -0.3 is 10.6 Å². The van der Waals surface area contributed by atoms with E-state index >= 15 is 0 Å². The first kappa shape index (κ1) is 22.5. The first-order chi connectivity index (χ1) is 12.7. The highest BCUT2D eigenvalue weighted by molar-refractivity contribution is 5.89. The van der Waals surface area contributed by atoms with Crippen molar-refractivity contribution in [3.05, 3.63) is 24.3 Å². The number of nitrogens with one attached hydrogen (secondary N) is 2. The second-order valence-corrected chi connectivity index (χ2v) is 7.32. The second kappa shape index (κ2) is 14.6. The summed E-state index contributed by atoms with van der Waals surface area (Å²) in [6.07, 6.45) is 21.1. The maximum Gasteiger partial charge on any atom is 0.243 e. The molecule has 0 aromatic heterocycles. The third kappa shape index (κ3) is 11.9. The van der Waals surface area contributed by atoms with E-state index in [0.29, 0.717) is 0 Å². The molecule has 0 spiro atoms. The molecule has 2 unspecified atom stereocenters. The average Bonchev–Trinajstić information content (AvgIpc) is 3.34. The Kier molecular flexibility index (Phi) is 12.6. The summed E-state index contributed by atoms with van der Waals surface area (Å²) in [5, 5.41) is 5.87. The molecule has 26 heavy (non-hydrogen) atoms. The number of carbonyl (C=O) groups excluding carboxylic acids is 2. The Morgan fingerprint density at radius 1 is 0.731 bits per heavy atom. The Bertz CT molecular complexity index is 457. The largest absolute Gasteiger partial charge is 0.348 e. The lowest BCUT2D eigenvalue weighted by atomic mass is 10.1. The van der Waals surface area contributed by atoms with Crippen molar-refractivity contribution in [2.24, 2.45) is 0 Å². The molecule has 0 heterocycles. The molecule has 0 aromatic rings. The van der Waals surface area contributed by atoms with Gasteiger partial charge >= 0.3 is 0 Å². The van der Waals surface area contributed by atoms with Crippen molar-refractivity contribution in [3.63, 3.8) is 0 Å². The van der Waals surface area contributed by atoms with Gasteiger partial charge in [0.2, 0.25) is 11.8 Å². The molecule has 0 aromatic carbocycles. The van der Waals surface area contributed by atoms with Crippen molar-refractivity contribution in [2.45, 2.75) is 103 Å². The Hall–Kier alpha value is -1.58. The molecule has 4 nitrogen and oxygen atoms in total. The summed E-state index contributed by atoms with van der Waals surface area (Å²) >= 11 is 0. The highest BCUT2D eigenvalue weighted by atomic mass is 16.2. The zero-order chi connectivity index (χ0) is 19.0. The zero-order valence-electron chi connectivity index (χ0n) is 16.8. The van der Waals surface area contributed by atoms with E-state index in [4.69, 9.17) is 0 Å². The van der Waals surface area contributed by atoms with Crippen LogP contribution in [0.15, 0.2) is 24.3 Å². The highest BCUT2D eigenvalue weighted by Crippen LogP contribution is 2.21. The fraction of sp³-hybridized carbons (Fsp3) is 0.727. The van der Waals surface area contributed by atoms with Gasteiger partial charge in [0.25, 0.3) is 0 Å². The molecule has 1 aliphatic rings. The first-order valence-corrected chi connectivity index (χ1v) is 10.6. The van der Waals surface area contributed by atoms with Crippen molar-refractivity contribution in [3.8, 4) is 0 Å². The minimum atomic E-state index is -0.0580. The average molecular weight is 363 g/mol. The topological polar surface area (TPSA) is 58.2 Å². The number of hydrogen-bond acceptors (Lipinski definition) is 2. The lowest BCUT2D eigenvalue weighted by Crippen LogP contribution is -2.33. The maximum absolute atomic E-state index is 11.9. The molecule has 1 rings (SSSR count). The van der Waals surface area contributed by atoms with E-state index in [2.05, 4.69) is 24.5 Å². The van der Waals surface area contributed by atoms with Gasteiger partial charge in [0.15, 0.2) is 0 Å². The summed E-state index contributed by atoms with van der Waals surface area (Å²) in [7, 11) is 0. The number of allylic oxidation sites excluding steroid dienone is 2. The third-order valence-electron chi connectivity index (χ3n) is 4.68. The predicted molar refractivity (Wildman–Crippen MR) is 109 cm³/mol. The number of carbonyl (C=O) groups is 2. The Labute approximate surface area is 159 Å². The van der Waals surface area contributed by atoms with E-state index in [1.54, 1.807) is 12.2 Å². The van der Waals surface area contributed by atoms with Crippen molar-refractivity contribution in [1.29, 1.82) is 0 Å². The van der Waals surface area contributed by atoms with E-state index in [1.807, 2.05) is 12.2 Å². The van der Waals surface area contributed by atoms with Gasteiger partial charge in [-0.05, 0) is 37.8 Å². The van der Waals surface area contributed by atoms with Crippen molar-refractivity contribution >= 4 is 11.8 Å². The van der Waals surface area contributed by atoms with Crippen LogP contribution in [0.1, 0.15) is 90.9 Å². The third-order valence-corrected chi connectivity index (χ3v) is 4.68. The summed E-state index contributed by atoms with van der Waals surface area (Å²) in [4.78, 5) is 23.6. The summed E-state index contributed by atoms with van der Waals surface area (Å²) in [5.41, 5.74) is 0. The maximum atomic E-state index is 11.9. The Morgan fingerprint density at radius 2 is 1.19 bits per heavy atom. The molecular weight excluding hydrogens is 324 g/mol. The molecule has 1 aliphatic carbocycles. The monoisotopic (exact) mass is 362 g/mol. The van der Waals surface area contributed by atoms with Gasteiger partial charge in [-0.3, -0.25) is 9.59 Å². The van der Waals surface area contributed by atoms with Crippen molar-refractivity contribution < 1.29 is 9.59 Å². The molecular formula is C22H38N2O2. The van der Waals surface area contributed by atoms with Gasteiger partial charge in [0.1, 0.15) is 0 Å².